The quantitative estimate of drug-likeness (QED) is 0.653. The monoisotopic (exact) mass is 355 g/mol. The van der Waals surface area contributed by atoms with Gasteiger partial charge in [0.2, 0.25) is 0 Å². The fourth-order valence-corrected chi connectivity index (χ4v) is 2.32. The summed E-state index contributed by atoms with van der Waals surface area (Å²) in [5.41, 5.74) is 0.702. The average Bonchev–Trinajstić information content (AvgIpc) is 3.16. The molecule has 0 bridgehead atoms. The number of carbonyl (C=O) groups is 1. The first-order chi connectivity index (χ1) is 12.7. The van der Waals surface area contributed by atoms with Gasteiger partial charge in [-0.15, -0.1) is 0 Å². The van der Waals surface area contributed by atoms with Gasteiger partial charge in [-0.2, -0.15) is 0 Å². The molecule has 0 aliphatic heterocycles. The van der Waals surface area contributed by atoms with Crippen molar-refractivity contribution < 1.29 is 23.1 Å². The highest BCUT2D eigenvalue weighted by molar-refractivity contribution is 5.92. The molecule has 3 aromatic rings. The summed E-state index contributed by atoms with van der Waals surface area (Å²) in [6.45, 7) is 0.654. The Morgan fingerprint density at radius 3 is 2.38 bits per heavy atom. The van der Waals surface area contributed by atoms with Crippen LogP contribution in [-0.4, -0.2) is 26.2 Å². The molecule has 1 N–H and O–H groups in total. The van der Waals surface area contributed by atoms with E-state index in [0.29, 0.717) is 30.2 Å². The van der Waals surface area contributed by atoms with Crippen LogP contribution in [-0.2, 0) is 0 Å². The van der Waals surface area contributed by atoms with Gasteiger partial charge in [-0.3, -0.25) is 4.79 Å². The molecular weight excluding hydrogens is 337 g/mol. The third-order valence-corrected chi connectivity index (χ3v) is 3.67. The van der Waals surface area contributed by atoms with Crippen LogP contribution >= 0.6 is 0 Å². The van der Waals surface area contributed by atoms with E-state index >= 15 is 0 Å². The summed E-state index contributed by atoms with van der Waals surface area (Å²) in [5, 5.41) is 2.72. The fourth-order valence-electron chi connectivity index (χ4n) is 2.32. The van der Waals surface area contributed by atoms with Crippen LogP contribution in [0.15, 0.2) is 65.1 Å². The minimum absolute atomic E-state index is 0.189. The van der Waals surface area contributed by atoms with Gasteiger partial charge in [-0.25, -0.2) is 4.39 Å². The van der Waals surface area contributed by atoms with E-state index in [2.05, 4.69) is 5.32 Å². The molecule has 0 aliphatic rings. The molecule has 134 valence electrons. The molecule has 1 amide bonds. The van der Waals surface area contributed by atoms with Gasteiger partial charge in [0.1, 0.15) is 29.7 Å². The second-order valence-corrected chi connectivity index (χ2v) is 5.45. The van der Waals surface area contributed by atoms with Crippen LogP contribution in [0.25, 0.3) is 11.3 Å². The van der Waals surface area contributed by atoms with Gasteiger partial charge in [0.15, 0.2) is 5.76 Å². The summed E-state index contributed by atoms with van der Waals surface area (Å²) in [5.74, 6) is 1.47. The topological polar surface area (TPSA) is 60.7 Å². The molecule has 0 saturated heterocycles. The van der Waals surface area contributed by atoms with Crippen LogP contribution in [0.1, 0.15) is 10.6 Å². The maximum Gasteiger partial charge on any atom is 0.287 e. The number of benzene rings is 2. The minimum Gasteiger partial charge on any atom is -0.497 e. The summed E-state index contributed by atoms with van der Waals surface area (Å²) in [6.07, 6.45) is 0. The molecule has 0 aliphatic carbocycles. The second-order valence-electron chi connectivity index (χ2n) is 5.45. The van der Waals surface area contributed by atoms with E-state index in [9.17, 15) is 9.18 Å². The van der Waals surface area contributed by atoms with Gasteiger partial charge in [0.05, 0.1) is 13.7 Å². The predicted molar refractivity (Wildman–Crippen MR) is 94.9 cm³/mol. The second kappa shape index (κ2) is 8.20. The molecule has 5 nitrogen and oxygen atoms in total. The summed E-state index contributed by atoms with van der Waals surface area (Å²) in [6, 6.07) is 16.3. The first kappa shape index (κ1) is 17.5. The van der Waals surface area contributed by atoms with Crippen LogP contribution in [0.3, 0.4) is 0 Å². The standard InChI is InChI=1S/C20H18FNO4/c1-24-16-6-8-17(9-7-16)25-13-12-22-20(23)19-11-10-18(26-19)14-2-4-15(21)5-3-14/h2-11H,12-13H2,1H3,(H,22,23). The van der Waals surface area contributed by atoms with Crippen molar-refractivity contribution in [1.82, 2.24) is 5.32 Å². The molecule has 26 heavy (non-hydrogen) atoms. The highest BCUT2D eigenvalue weighted by atomic mass is 19.1. The van der Waals surface area contributed by atoms with Gasteiger partial charge in [0.25, 0.3) is 5.91 Å². The zero-order chi connectivity index (χ0) is 18.4. The summed E-state index contributed by atoms with van der Waals surface area (Å²) >= 11 is 0. The number of hydrogen-bond donors (Lipinski definition) is 1. The number of ether oxygens (including phenoxy) is 2. The zero-order valence-corrected chi connectivity index (χ0v) is 14.2. The minimum atomic E-state index is -0.336. The van der Waals surface area contributed by atoms with E-state index < -0.39 is 0 Å². The predicted octanol–water partition coefficient (Wildman–Crippen LogP) is 3.90. The smallest absolute Gasteiger partial charge is 0.287 e. The van der Waals surface area contributed by atoms with Crippen LogP contribution in [0.5, 0.6) is 11.5 Å². The van der Waals surface area contributed by atoms with E-state index in [1.165, 1.54) is 12.1 Å². The highest BCUT2D eigenvalue weighted by Gasteiger charge is 2.12. The van der Waals surface area contributed by atoms with Crippen LogP contribution in [0.2, 0.25) is 0 Å². The normalized spacial score (nSPS) is 10.4. The number of amides is 1. The SMILES string of the molecule is COc1ccc(OCCNC(=O)c2ccc(-c3ccc(F)cc3)o2)cc1. The number of rotatable bonds is 7. The maximum absolute atomic E-state index is 13.0. The molecule has 1 aromatic heterocycles. The first-order valence-corrected chi connectivity index (χ1v) is 8.06. The van der Waals surface area contributed by atoms with Crippen molar-refractivity contribution in [1.29, 1.82) is 0 Å². The number of halogens is 1. The van der Waals surface area contributed by atoms with Crippen molar-refractivity contribution >= 4 is 5.91 Å². The number of nitrogens with one attached hydrogen (secondary N) is 1. The van der Waals surface area contributed by atoms with E-state index in [1.54, 1.807) is 55.6 Å². The Labute approximate surface area is 150 Å². The van der Waals surface area contributed by atoms with Gasteiger partial charge >= 0.3 is 0 Å². The average molecular weight is 355 g/mol. The Balaban J connectivity index is 1.48. The lowest BCUT2D eigenvalue weighted by Crippen LogP contribution is -2.27. The molecular formula is C20H18FNO4. The summed E-state index contributed by atoms with van der Waals surface area (Å²) in [4.78, 5) is 12.1. The van der Waals surface area contributed by atoms with Crippen molar-refractivity contribution in [3.05, 3.63) is 72.2 Å². The Kier molecular flexibility index (Phi) is 5.53. The third kappa shape index (κ3) is 4.42. The van der Waals surface area contributed by atoms with E-state index in [-0.39, 0.29) is 17.5 Å². The molecule has 0 radical (unpaired) electrons. The molecule has 0 fully saturated rings. The largest absolute Gasteiger partial charge is 0.497 e. The molecule has 6 heteroatoms. The number of methoxy groups -OCH3 is 1. The van der Waals surface area contributed by atoms with Crippen molar-refractivity contribution in [2.24, 2.45) is 0 Å². The van der Waals surface area contributed by atoms with E-state index in [0.717, 1.165) is 5.75 Å². The van der Waals surface area contributed by atoms with Crippen molar-refractivity contribution in [3.63, 3.8) is 0 Å². The summed E-state index contributed by atoms with van der Waals surface area (Å²) in [7, 11) is 1.60. The maximum atomic E-state index is 13.0. The number of furan rings is 1. The fraction of sp³-hybridized carbons (Fsp3) is 0.150. The Bertz CT molecular complexity index is 856. The lowest BCUT2D eigenvalue weighted by Gasteiger charge is -2.07. The van der Waals surface area contributed by atoms with Gasteiger partial charge in [-0.1, -0.05) is 0 Å². The molecule has 0 atom stereocenters. The Morgan fingerprint density at radius 1 is 1.00 bits per heavy atom. The molecule has 0 saturated carbocycles. The lowest BCUT2D eigenvalue weighted by atomic mass is 10.2. The number of hydrogen-bond acceptors (Lipinski definition) is 4. The lowest BCUT2D eigenvalue weighted by molar-refractivity contribution is 0.0920. The van der Waals surface area contributed by atoms with Crippen LogP contribution in [0.4, 0.5) is 4.39 Å². The van der Waals surface area contributed by atoms with E-state index in [4.69, 9.17) is 13.9 Å². The van der Waals surface area contributed by atoms with E-state index in [1.807, 2.05) is 0 Å². The third-order valence-electron chi connectivity index (χ3n) is 3.67. The van der Waals surface area contributed by atoms with Crippen molar-refractivity contribution in [2.45, 2.75) is 0 Å². The first-order valence-electron chi connectivity index (χ1n) is 8.06. The van der Waals surface area contributed by atoms with Crippen molar-refractivity contribution in [2.75, 3.05) is 20.3 Å². The highest BCUT2D eigenvalue weighted by Crippen LogP contribution is 2.22. The van der Waals surface area contributed by atoms with Crippen LogP contribution < -0.4 is 14.8 Å². The Morgan fingerprint density at radius 2 is 1.69 bits per heavy atom. The molecule has 0 spiro atoms. The van der Waals surface area contributed by atoms with Gasteiger partial charge in [-0.05, 0) is 60.7 Å². The van der Waals surface area contributed by atoms with Gasteiger partial charge in [0, 0.05) is 5.56 Å². The molecule has 1 heterocycles. The molecule has 3 rings (SSSR count). The summed E-state index contributed by atoms with van der Waals surface area (Å²) < 4.78 is 29.1. The number of carbonyl (C=O) groups excluding carboxylic acids is 1. The van der Waals surface area contributed by atoms with Crippen LogP contribution in [0, 0.1) is 5.82 Å². The Hall–Kier alpha value is -3.28. The van der Waals surface area contributed by atoms with Crippen molar-refractivity contribution in [3.8, 4) is 22.8 Å². The molecule has 0 unspecified atom stereocenters. The zero-order valence-electron chi connectivity index (χ0n) is 14.2. The molecule has 2 aromatic carbocycles. The van der Waals surface area contributed by atoms with Gasteiger partial charge < -0.3 is 19.2 Å².